The number of nitrogens with one attached hydrogen (secondary N) is 2. The lowest BCUT2D eigenvalue weighted by atomic mass is 9.87. The van der Waals surface area contributed by atoms with Gasteiger partial charge in [0.25, 0.3) is 0 Å². The summed E-state index contributed by atoms with van der Waals surface area (Å²) in [6, 6.07) is 5.74. The molecule has 2 aromatic rings. The predicted octanol–water partition coefficient (Wildman–Crippen LogP) is 3.83. The number of methoxy groups -OCH3 is 1. The summed E-state index contributed by atoms with van der Waals surface area (Å²) in [5.41, 5.74) is 2.92. The Balaban J connectivity index is 1.51. The van der Waals surface area contributed by atoms with Crippen molar-refractivity contribution in [3.05, 3.63) is 57.4 Å². The van der Waals surface area contributed by atoms with Crippen LogP contribution < -0.4 is 14.8 Å². The van der Waals surface area contributed by atoms with Crippen LogP contribution in [0.25, 0.3) is 0 Å². The third-order valence-electron chi connectivity index (χ3n) is 4.99. The number of hydrogen-bond donors (Lipinski definition) is 2. The van der Waals surface area contributed by atoms with Crippen LogP contribution in [0, 0.1) is 0 Å². The number of anilines is 1. The molecule has 0 bridgehead atoms. The van der Waals surface area contributed by atoms with Crippen molar-refractivity contribution in [2.75, 3.05) is 32.4 Å². The van der Waals surface area contributed by atoms with E-state index in [1.165, 1.54) is 0 Å². The van der Waals surface area contributed by atoms with Crippen LogP contribution in [0.3, 0.4) is 0 Å². The van der Waals surface area contributed by atoms with Gasteiger partial charge in [0.15, 0.2) is 24.1 Å². The highest BCUT2D eigenvalue weighted by Crippen LogP contribution is 2.39. The second-order valence-electron chi connectivity index (χ2n) is 7.04. The summed E-state index contributed by atoms with van der Waals surface area (Å²) in [7, 11) is 1.60. The molecule has 0 saturated carbocycles. The minimum Gasteiger partial charge on any atom is -0.493 e. The molecule has 1 aromatic carbocycles. The van der Waals surface area contributed by atoms with E-state index in [-0.39, 0.29) is 18.6 Å². The average molecular weight is 476 g/mol. The van der Waals surface area contributed by atoms with Crippen LogP contribution in [-0.4, -0.2) is 43.2 Å². The Morgan fingerprint density at radius 2 is 2.27 bits per heavy atom. The Morgan fingerprint density at radius 1 is 1.40 bits per heavy atom. The number of amides is 1. The van der Waals surface area contributed by atoms with E-state index in [4.69, 9.17) is 18.9 Å². The highest BCUT2D eigenvalue weighted by molar-refractivity contribution is 9.11. The molecule has 158 valence electrons. The van der Waals surface area contributed by atoms with E-state index in [2.05, 4.69) is 31.4 Å². The van der Waals surface area contributed by atoms with E-state index in [1.807, 2.05) is 37.4 Å². The molecule has 1 atom stereocenters. The molecule has 1 aromatic heterocycles. The molecule has 9 heteroatoms. The molecule has 1 amide bonds. The maximum atomic E-state index is 12.0. The molecule has 2 aliphatic heterocycles. The van der Waals surface area contributed by atoms with E-state index in [1.54, 1.807) is 7.11 Å². The number of benzene rings is 1. The van der Waals surface area contributed by atoms with Crippen molar-refractivity contribution in [1.29, 1.82) is 0 Å². The zero-order valence-electron chi connectivity index (χ0n) is 16.7. The fraction of sp³-hybridized carbons (Fsp3) is 0.333. The quantitative estimate of drug-likeness (QED) is 0.659. The third kappa shape index (κ3) is 4.36. The zero-order valence-corrected chi connectivity index (χ0v) is 18.2. The largest absolute Gasteiger partial charge is 0.493 e. The van der Waals surface area contributed by atoms with Gasteiger partial charge in [-0.15, -0.1) is 0 Å². The number of carbonyl (C=O) groups is 1. The first-order valence-corrected chi connectivity index (χ1v) is 10.2. The van der Waals surface area contributed by atoms with E-state index in [0.717, 1.165) is 26.9 Å². The van der Waals surface area contributed by atoms with Gasteiger partial charge in [-0.05, 0) is 36.3 Å². The molecule has 8 nitrogen and oxygen atoms in total. The third-order valence-corrected chi connectivity index (χ3v) is 5.90. The highest BCUT2D eigenvalue weighted by atomic mass is 79.9. The summed E-state index contributed by atoms with van der Waals surface area (Å²) in [6.07, 6.45) is 4.06. The van der Waals surface area contributed by atoms with E-state index >= 15 is 0 Å². The summed E-state index contributed by atoms with van der Waals surface area (Å²) >= 11 is 3.55. The smallest absolute Gasteiger partial charge is 0.226 e. The molecule has 2 N–H and O–H groups in total. The van der Waals surface area contributed by atoms with Gasteiger partial charge in [-0.2, -0.15) is 5.10 Å². The summed E-state index contributed by atoms with van der Waals surface area (Å²) in [6.45, 7) is 3.10. The Kier molecular flexibility index (Phi) is 6.10. The van der Waals surface area contributed by atoms with Crippen molar-refractivity contribution in [2.45, 2.75) is 19.3 Å². The van der Waals surface area contributed by atoms with Crippen molar-refractivity contribution >= 4 is 27.7 Å². The van der Waals surface area contributed by atoms with Crippen molar-refractivity contribution in [3.63, 3.8) is 0 Å². The van der Waals surface area contributed by atoms with Gasteiger partial charge in [0.2, 0.25) is 5.91 Å². The first kappa shape index (κ1) is 20.5. The molecule has 4 rings (SSSR count). The molecule has 1 fully saturated rings. The van der Waals surface area contributed by atoms with Crippen molar-refractivity contribution in [2.24, 2.45) is 0 Å². The second-order valence-corrected chi connectivity index (χ2v) is 7.90. The van der Waals surface area contributed by atoms with E-state index < -0.39 is 0 Å². The summed E-state index contributed by atoms with van der Waals surface area (Å²) in [5.74, 6) is 2.44. The van der Waals surface area contributed by atoms with Gasteiger partial charge in [-0.1, -0.05) is 22.0 Å². The number of rotatable bonds is 6. The maximum absolute atomic E-state index is 12.0. The molecule has 3 heterocycles. The number of fused-ring (bicyclic) bond motifs is 1. The van der Waals surface area contributed by atoms with Crippen LogP contribution in [0.5, 0.6) is 11.5 Å². The predicted molar refractivity (Wildman–Crippen MR) is 114 cm³/mol. The van der Waals surface area contributed by atoms with Gasteiger partial charge in [-0.25, -0.2) is 0 Å². The lowest BCUT2D eigenvalue weighted by molar-refractivity contribution is -0.116. The summed E-state index contributed by atoms with van der Waals surface area (Å²) < 4.78 is 22.9. The van der Waals surface area contributed by atoms with Crippen molar-refractivity contribution in [3.8, 4) is 11.5 Å². The molecular formula is C21H22BrN3O5. The van der Waals surface area contributed by atoms with Crippen LogP contribution in [0.2, 0.25) is 0 Å². The summed E-state index contributed by atoms with van der Waals surface area (Å²) in [4.78, 5) is 12.0. The fourth-order valence-electron chi connectivity index (χ4n) is 3.37. The van der Waals surface area contributed by atoms with Crippen molar-refractivity contribution in [1.82, 2.24) is 10.2 Å². The van der Waals surface area contributed by atoms with Crippen LogP contribution in [0.1, 0.15) is 30.4 Å². The number of carbonyl (C=O) groups excluding carboxylic acids is 1. The Morgan fingerprint density at radius 3 is 3.03 bits per heavy atom. The number of aromatic nitrogens is 2. The van der Waals surface area contributed by atoms with Gasteiger partial charge in [0.1, 0.15) is 19.0 Å². The molecule has 0 aliphatic carbocycles. The molecule has 0 radical (unpaired) electrons. The maximum Gasteiger partial charge on any atom is 0.226 e. The number of nitrogens with zero attached hydrogens (tertiary/aromatic N) is 1. The Hall–Kier alpha value is -2.78. The molecule has 2 aliphatic rings. The molecule has 0 spiro atoms. The SMILES string of the molecule is COc1cc(C2CC(=O)Nc3n[nH]cc32)ccc1OC/C(C)=C(Br)/C=C1\COCO1. The topological polar surface area (TPSA) is 94.7 Å². The molecule has 30 heavy (non-hydrogen) atoms. The van der Waals surface area contributed by atoms with Crippen LogP contribution in [0.15, 0.2) is 46.3 Å². The van der Waals surface area contributed by atoms with Gasteiger partial charge in [-0.3, -0.25) is 9.89 Å². The minimum atomic E-state index is -0.0912. The number of aromatic amines is 1. The lowest BCUT2D eigenvalue weighted by Gasteiger charge is -2.23. The first-order valence-electron chi connectivity index (χ1n) is 9.45. The van der Waals surface area contributed by atoms with E-state index in [9.17, 15) is 4.79 Å². The zero-order chi connectivity index (χ0) is 21.1. The number of hydrogen-bond acceptors (Lipinski definition) is 6. The van der Waals surface area contributed by atoms with Crippen molar-refractivity contribution < 1.29 is 23.7 Å². The number of halogens is 1. The highest BCUT2D eigenvalue weighted by Gasteiger charge is 2.29. The fourth-order valence-corrected chi connectivity index (χ4v) is 3.73. The van der Waals surface area contributed by atoms with Gasteiger partial charge >= 0.3 is 0 Å². The monoisotopic (exact) mass is 475 g/mol. The van der Waals surface area contributed by atoms with Crippen LogP contribution in [-0.2, 0) is 14.3 Å². The summed E-state index contributed by atoms with van der Waals surface area (Å²) in [5, 5.41) is 9.70. The van der Waals surface area contributed by atoms with Gasteiger partial charge in [0, 0.05) is 28.6 Å². The Labute approximate surface area is 182 Å². The van der Waals surface area contributed by atoms with Gasteiger partial charge < -0.3 is 24.3 Å². The lowest BCUT2D eigenvalue weighted by Crippen LogP contribution is -2.23. The molecule has 1 saturated heterocycles. The minimum absolute atomic E-state index is 0.0599. The average Bonchev–Trinajstić information content (AvgIpc) is 3.43. The standard InChI is InChI=1S/C21H22BrN3O5/c1-12(17(22)6-14-10-28-11-30-14)9-29-18-4-3-13(5-19(18)27-2)15-7-20(26)24-21-16(15)8-23-25-21/h3-6,8,15H,7,9-11H2,1-2H3,(H2,23,24,25,26)/b14-6+,17-12-. The molecular weight excluding hydrogens is 454 g/mol. The van der Waals surface area contributed by atoms with Crippen LogP contribution >= 0.6 is 15.9 Å². The van der Waals surface area contributed by atoms with E-state index in [0.29, 0.717) is 37.0 Å². The first-order chi connectivity index (χ1) is 14.5. The number of H-pyrrole nitrogens is 1. The normalized spacial score (nSPS) is 20.3. The molecule has 1 unspecified atom stereocenters. The number of ether oxygens (including phenoxy) is 4. The Bertz CT molecular complexity index is 1010. The number of allylic oxidation sites excluding steroid dienone is 2. The van der Waals surface area contributed by atoms with Gasteiger partial charge in [0.05, 0.1) is 7.11 Å². The van der Waals surface area contributed by atoms with Crippen LogP contribution in [0.4, 0.5) is 5.82 Å². The second kappa shape index (κ2) is 8.93.